The highest BCUT2D eigenvalue weighted by Gasteiger charge is 2.16. The van der Waals surface area contributed by atoms with Gasteiger partial charge in [-0.1, -0.05) is 48.5 Å². The fourth-order valence-corrected chi connectivity index (χ4v) is 4.33. The molecule has 0 amide bonds. The summed E-state index contributed by atoms with van der Waals surface area (Å²) in [6, 6.07) is 21.0. The van der Waals surface area contributed by atoms with Crippen molar-refractivity contribution < 1.29 is 37.6 Å². The molecule has 212 valence electrons. The van der Waals surface area contributed by atoms with Gasteiger partial charge in [0.15, 0.2) is 17.6 Å². The van der Waals surface area contributed by atoms with Crippen LogP contribution in [-0.2, 0) is 21.2 Å². The minimum absolute atomic E-state index is 0.00411. The van der Waals surface area contributed by atoms with Crippen LogP contribution < -0.4 is 24.7 Å². The maximum atomic E-state index is 11.7. The fourth-order valence-electron chi connectivity index (χ4n) is 3.58. The molecule has 3 aromatic carbocycles. The van der Waals surface area contributed by atoms with E-state index in [1.165, 1.54) is 7.11 Å². The lowest BCUT2D eigenvalue weighted by Gasteiger charge is -2.16. The third-order valence-electron chi connectivity index (χ3n) is 5.43. The molecule has 3 aromatic rings. The number of aliphatic hydroxyl groups is 1. The first-order valence-electron chi connectivity index (χ1n) is 12.3. The molecular formula is C28H36N2O8S. The van der Waals surface area contributed by atoms with Crippen LogP contribution in [0.15, 0.2) is 77.7 Å². The molecule has 1 unspecified atom stereocenters. The lowest BCUT2D eigenvalue weighted by Crippen LogP contribution is -2.32. The summed E-state index contributed by atoms with van der Waals surface area (Å²) >= 11 is 0. The Morgan fingerprint density at radius 3 is 2.15 bits per heavy atom. The summed E-state index contributed by atoms with van der Waals surface area (Å²) in [4.78, 5) is 10.2. The van der Waals surface area contributed by atoms with Crippen LogP contribution in [0.5, 0.6) is 17.2 Å². The molecule has 10 nitrogen and oxygen atoms in total. The van der Waals surface area contributed by atoms with Crippen molar-refractivity contribution in [1.29, 1.82) is 0 Å². The van der Waals surface area contributed by atoms with Crippen LogP contribution in [0.25, 0.3) is 0 Å². The highest BCUT2D eigenvalue weighted by atomic mass is 32.2. The summed E-state index contributed by atoms with van der Waals surface area (Å²) in [5.74, 6) is 0.461. The van der Waals surface area contributed by atoms with Gasteiger partial charge in [-0.25, -0.2) is 18.4 Å². The van der Waals surface area contributed by atoms with Crippen molar-refractivity contribution in [1.82, 2.24) is 5.32 Å². The molecule has 0 fully saturated rings. The van der Waals surface area contributed by atoms with Crippen molar-refractivity contribution in [3.8, 4) is 17.2 Å². The normalized spacial score (nSPS) is 12.4. The Labute approximate surface area is 229 Å². The van der Waals surface area contributed by atoms with E-state index in [-0.39, 0.29) is 16.7 Å². The molecule has 0 aliphatic rings. The molecule has 0 bridgehead atoms. The fraction of sp³-hybridized carbons (Fsp3) is 0.321. The van der Waals surface area contributed by atoms with E-state index >= 15 is 0 Å². The van der Waals surface area contributed by atoms with E-state index in [0.29, 0.717) is 37.5 Å². The molecule has 5 N–H and O–H groups in total. The zero-order valence-electron chi connectivity index (χ0n) is 22.2. The number of nitrogens with two attached hydrogens (primary N) is 1. The molecule has 2 atom stereocenters. The number of hydrogen-bond donors (Lipinski definition) is 4. The van der Waals surface area contributed by atoms with Crippen molar-refractivity contribution in [2.45, 2.75) is 37.3 Å². The molecule has 11 heteroatoms. The third kappa shape index (κ3) is 10.6. The number of aliphatic carboxylic acids is 1. The van der Waals surface area contributed by atoms with E-state index in [9.17, 15) is 13.2 Å². The molecule has 0 aliphatic carbocycles. The maximum Gasteiger partial charge on any atom is 0.337 e. The standard InChI is InChI=1S/C20H28N2O5S.C8H8O3/c1-4-26-17-7-5-6-8-18(17)27-12-11-22-15(2)13-16-9-10-19(25-3)20(14-16)28(21,23)24;9-7(8(10)11)6-4-2-1-3-5-6/h5-10,14-15,22H,4,11-13H2,1-3H3,(H2,21,23,24);1-5,7,9H,(H,10,11)/t15-;/m1./s1. The number of rotatable bonds is 13. The monoisotopic (exact) mass is 560 g/mol. The Morgan fingerprint density at radius 2 is 1.59 bits per heavy atom. The van der Waals surface area contributed by atoms with Gasteiger partial charge in [0, 0.05) is 12.6 Å². The number of carboxylic acids is 1. The number of aliphatic hydroxyl groups excluding tert-OH is 1. The van der Waals surface area contributed by atoms with Crippen LogP contribution in [0.4, 0.5) is 0 Å². The molecule has 0 saturated carbocycles. The first-order valence-corrected chi connectivity index (χ1v) is 13.8. The Bertz CT molecular complexity index is 1290. The number of primary sulfonamides is 1. The van der Waals surface area contributed by atoms with E-state index in [0.717, 1.165) is 11.3 Å². The Balaban J connectivity index is 0.000000404. The van der Waals surface area contributed by atoms with Gasteiger partial charge in [-0.2, -0.15) is 0 Å². The average Bonchev–Trinajstić information content (AvgIpc) is 2.92. The van der Waals surface area contributed by atoms with Crippen molar-refractivity contribution in [2.75, 3.05) is 26.9 Å². The number of carboxylic acid groups (broad SMARTS) is 1. The quantitative estimate of drug-likeness (QED) is 0.231. The molecule has 0 aromatic heterocycles. The molecule has 39 heavy (non-hydrogen) atoms. The van der Waals surface area contributed by atoms with Crippen LogP contribution in [0.1, 0.15) is 31.1 Å². The van der Waals surface area contributed by atoms with Gasteiger partial charge in [0.2, 0.25) is 10.0 Å². The van der Waals surface area contributed by atoms with Gasteiger partial charge in [0.1, 0.15) is 17.3 Å². The summed E-state index contributed by atoms with van der Waals surface area (Å²) in [6.07, 6.45) is -0.765. The predicted octanol–water partition coefficient (Wildman–Crippen LogP) is 3.15. The molecular weight excluding hydrogens is 524 g/mol. The Kier molecular flexibility index (Phi) is 12.7. The number of nitrogens with one attached hydrogen (secondary N) is 1. The van der Waals surface area contributed by atoms with Crippen molar-refractivity contribution in [3.05, 3.63) is 83.9 Å². The van der Waals surface area contributed by atoms with Gasteiger partial charge in [-0.3, -0.25) is 0 Å². The van der Waals surface area contributed by atoms with Crippen LogP contribution in [0.3, 0.4) is 0 Å². The van der Waals surface area contributed by atoms with E-state index in [1.807, 2.05) is 44.2 Å². The first kappa shape index (κ1) is 31.6. The van der Waals surface area contributed by atoms with Crippen LogP contribution >= 0.6 is 0 Å². The average molecular weight is 561 g/mol. The van der Waals surface area contributed by atoms with Gasteiger partial charge in [-0.05, 0) is 55.7 Å². The number of ether oxygens (including phenoxy) is 3. The molecule has 0 heterocycles. The number of methoxy groups -OCH3 is 1. The number of benzene rings is 3. The summed E-state index contributed by atoms with van der Waals surface area (Å²) < 4.78 is 39.9. The summed E-state index contributed by atoms with van der Waals surface area (Å²) in [6.45, 7) is 5.66. The van der Waals surface area contributed by atoms with E-state index in [4.69, 9.17) is 29.6 Å². The second-order valence-electron chi connectivity index (χ2n) is 8.47. The van der Waals surface area contributed by atoms with Crippen LogP contribution in [-0.4, -0.2) is 57.5 Å². The molecule has 3 rings (SSSR count). The zero-order valence-corrected chi connectivity index (χ0v) is 23.1. The Hall–Kier alpha value is -3.64. The van der Waals surface area contributed by atoms with Gasteiger partial charge in [-0.15, -0.1) is 0 Å². The Morgan fingerprint density at radius 1 is 0.974 bits per heavy atom. The van der Waals surface area contributed by atoms with Crippen LogP contribution in [0, 0.1) is 0 Å². The molecule has 0 radical (unpaired) electrons. The van der Waals surface area contributed by atoms with Crippen molar-refractivity contribution in [2.24, 2.45) is 5.14 Å². The summed E-state index contributed by atoms with van der Waals surface area (Å²) in [5, 5.41) is 26.0. The summed E-state index contributed by atoms with van der Waals surface area (Å²) in [7, 11) is -2.43. The maximum absolute atomic E-state index is 11.7. The van der Waals surface area contributed by atoms with Gasteiger partial charge in [0.05, 0.1) is 13.7 Å². The van der Waals surface area contributed by atoms with Gasteiger partial charge in [0.25, 0.3) is 0 Å². The van der Waals surface area contributed by atoms with Crippen LogP contribution in [0.2, 0.25) is 0 Å². The topological polar surface area (TPSA) is 157 Å². The largest absolute Gasteiger partial charge is 0.495 e. The number of para-hydroxylation sites is 2. The second-order valence-corrected chi connectivity index (χ2v) is 10.00. The molecule has 0 aliphatic heterocycles. The number of sulfonamides is 1. The highest BCUT2D eigenvalue weighted by molar-refractivity contribution is 7.89. The minimum Gasteiger partial charge on any atom is -0.495 e. The summed E-state index contributed by atoms with van der Waals surface area (Å²) in [5.41, 5.74) is 1.26. The SMILES string of the molecule is CCOc1ccccc1OCCN[C@H](C)Cc1ccc(OC)c(S(N)(=O)=O)c1.O=C(O)C(O)c1ccccc1. The second kappa shape index (κ2) is 15.7. The number of hydrogen-bond acceptors (Lipinski definition) is 8. The minimum atomic E-state index is -3.84. The number of carbonyl (C=O) groups is 1. The lowest BCUT2D eigenvalue weighted by atomic mass is 10.1. The molecule has 0 saturated heterocycles. The lowest BCUT2D eigenvalue weighted by molar-refractivity contribution is -0.146. The smallest absolute Gasteiger partial charge is 0.337 e. The van der Waals surface area contributed by atoms with E-state index in [2.05, 4.69) is 5.32 Å². The van der Waals surface area contributed by atoms with E-state index < -0.39 is 22.1 Å². The first-order chi connectivity index (χ1) is 18.6. The zero-order chi connectivity index (χ0) is 28.8. The van der Waals surface area contributed by atoms with Gasteiger partial charge < -0.3 is 29.7 Å². The molecule has 0 spiro atoms. The third-order valence-corrected chi connectivity index (χ3v) is 6.36. The van der Waals surface area contributed by atoms with Crippen molar-refractivity contribution >= 4 is 16.0 Å². The van der Waals surface area contributed by atoms with Gasteiger partial charge >= 0.3 is 5.97 Å². The highest BCUT2D eigenvalue weighted by Crippen LogP contribution is 2.26. The van der Waals surface area contributed by atoms with E-state index in [1.54, 1.807) is 42.5 Å². The van der Waals surface area contributed by atoms with Crippen molar-refractivity contribution in [3.63, 3.8) is 0 Å². The predicted molar refractivity (Wildman–Crippen MR) is 148 cm³/mol.